The van der Waals surface area contributed by atoms with E-state index in [-0.39, 0.29) is 11.1 Å². The Hall–Kier alpha value is -0.970. The number of ether oxygens (including phenoxy) is 1. The number of halogens is 3. The van der Waals surface area contributed by atoms with Crippen LogP contribution in [0.1, 0.15) is 29.3 Å². The standard InChI is InChI=1S/C10H9BrF2O2/c1-5(14)9-7(10(12)13)3-6(15-2)4-8(9)11/h3-4,10H,1-2H3. The van der Waals surface area contributed by atoms with Gasteiger partial charge in [-0.15, -0.1) is 0 Å². The average molecular weight is 279 g/mol. The van der Waals surface area contributed by atoms with Crippen molar-refractivity contribution in [3.63, 3.8) is 0 Å². The van der Waals surface area contributed by atoms with E-state index in [1.807, 2.05) is 0 Å². The van der Waals surface area contributed by atoms with Gasteiger partial charge in [0.15, 0.2) is 5.78 Å². The van der Waals surface area contributed by atoms with Gasteiger partial charge in [0.2, 0.25) is 0 Å². The lowest BCUT2D eigenvalue weighted by Crippen LogP contribution is -2.02. The van der Waals surface area contributed by atoms with Crippen molar-refractivity contribution in [1.29, 1.82) is 0 Å². The highest BCUT2D eigenvalue weighted by molar-refractivity contribution is 9.10. The van der Waals surface area contributed by atoms with Crippen molar-refractivity contribution >= 4 is 21.7 Å². The van der Waals surface area contributed by atoms with E-state index >= 15 is 0 Å². The summed E-state index contributed by atoms with van der Waals surface area (Å²) in [5.74, 6) is -0.109. The lowest BCUT2D eigenvalue weighted by molar-refractivity contribution is 0.0998. The maximum atomic E-state index is 12.7. The fourth-order valence-electron chi connectivity index (χ4n) is 1.26. The van der Waals surface area contributed by atoms with Crippen molar-refractivity contribution < 1.29 is 18.3 Å². The maximum absolute atomic E-state index is 12.7. The van der Waals surface area contributed by atoms with Crippen LogP contribution in [0.4, 0.5) is 8.78 Å². The van der Waals surface area contributed by atoms with Gasteiger partial charge in [0, 0.05) is 15.6 Å². The second kappa shape index (κ2) is 4.70. The molecular formula is C10H9BrF2O2. The first-order chi connectivity index (χ1) is 6.97. The van der Waals surface area contributed by atoms with Gasteiger partial charge in [0.05, 0.1) is 7.11 Å². The topological polar surface area (TPSA) is 26.3 Å². The van der Waals surface area contributed by atoms with Crippen LogP contribution in [0.3, 0.4) is 0 Å². The minimum atomic E-state index is -2.70. The molecule has 2 nitrogen and oxygen atoms in total. The largest absolute Gasteiger partial charge is 0.497 e. The van der Waals surface area contributed by atoms with Crippen molar-refractivity contribution in [2.24, 2.45) is 0 Å². The highest BCUT2D eigenvalue weighted by Crippen LogP contribution is 2.33. The minimum Gasteiger partial charge on any atom is -0.497 e. The molecule has 0 bridgehead atoms. The Morgan fingerprint density at radius 3 is 2.47 bits per heavy atom. The monoisotopic (exact) mass is 278 g/mol. The normalized spacial score (nSPS) is 10.5. The number of hydrogen-bond donors (Lipinski definition) is 0. The Morgan fingerprint density at radius 2 is 2.07 bits per heavy atom. The highest BCUT2D eigenvalue weighted by Gasteiger charge is 2.20. The molecule has 0 spiro atoms. The molecule has 0 amide bonds. The summed E-state index contributed by atoms with van der Waals surface area (Å²) < 4.78 is 30.5. The molecule has 0 atom stereocenters. The first-order valence-corrected chi connectivity index (χ1v) is 4.93. The Morgan fingerprint density at radius 1 is 1.47 bits per heavy atom. The predicted octanol–water partition coefficient (Wildman–Crippen LogP) is 3.60. The predicted molar refractivity (Wildman–Crippen MR) is 55.7 cm³/mol. The van der Waals surface area contributed by atoms with Gasteiger partial charge in [-0.3, -0.25) is 4.79 Å². The molecule has 0 aliphatic carbocycles. The lowest BCUT2D eigenvalue weighted by Gasteiger charge is -2.10. The summed E-state index contributed by atoms with van der Waals surface area (Å²) >= 11 is 3.07. The Balaban J connectivity index is 3.42. The van der Waals surface area contributed by atoms with Gasteiger partial charge in [-0.2, -0.15) is 0 Å². The molecule has 0 saturated carbocycles. The average Bonchev–Trinajstić information content (AvgIpc) is 2.15. The van der Waals surface area contributed by atoms with E-state index in [1.54, 1.807) is 0 Å². The van der Waals surface area contributed by atoms with Crippen LogP contribution in [0.2, 0.25) is 0 Å². The smallest absolute Gasteiger partial charge is 0.264 e. The zero-order valence-electron chi connectivity index (χ0n) is 8.18. The van der Waals surface area contributed by atoms with Gasteiger partial charge in [-0.25, -0.2) is 8.78 Å². The fraction of sp³-hybridized carbons (Fsp3) is 0.300. The van der Waals surface area contributed by atoms with Crippen LogP contribution in [0.25, 0.3) is 0 Å². The summed E-state index contributed by atoms with van der Waals surface area (Å²) in [6, 6.07) is 2.66. The molecule has 0 aliphatic rings. The zero-order valence-corrected chi connectivity index (χ0v) is 9.77. The summed E-state index contributed by atoms with van der Waals surface area (Å²) in [7, 11) is 1.38. The van der Waals surface area contributed by atoms with Crippen LogP contribution in [0, 0.1) is 0 Å². The maximum Gasteiger partial charge on any atom is 0.264 e. The van der Waals surface area contributed by atoms with Crippen LogP contribution in [0.15, 0.2) is 16.6 Å². The number of ketones is 1. The van der Waals surface area contributed by atoms with E-state index in [0.29, 0.717) is 10.2 Å². The fourth-order valence-corrected chi connectivity index (χ4v) is 2.00. The number of Topliss-reactive ketones (excluding diaryl/α,β-unsaturated/α-hetero) is 1. The molecule has 82 valence electrons. The van der Waals surface area contributed by atoms with Crippen LogP contribution in [-0.4, -0.2) is 12.9 Å². The number of benzene rings is 1. The zero-order chi connectivity index (χ0) is 11.6. The van der Waals surface area contributed by atoms with Crippen LogP contribution in [0.5, 0.6) is 5.75 Å². The summed E-state index contributed by atoms with van der Waals surface area (Å²) in [6.07, 6.45) is -2.70. The van der Waals surface area contributed by atoms with Crippen molar-refractivity contribution in [2.45, 2.75) is 13.3 Å². The first-order valence-electron chi connectivity index (χ1n) is 4.14. The molecule has 1 aromatic carbocycles. The molecule has 0 radical (unpaired) electrons. The molecule has 0 aromatic heterocycles. The molecule has 0 heterocycles. The summed E-state index contributed by atoms with van der Waals surface area (Å²) in [5.41, 5.74) is -0.306. The molecular weight excluding hydrogens is 270 g/mol. The Labute approximate surface area is 94.4 Å². The van der Waals surface area contributed by atoms with Gasteiger partial charge in [0.1, 0.15) is 5.75 Å². The quantitative estimate of drug-likeness (QED) is 0.790. The molecule has 15 heavy (non-hydrogen) atoms. The summed E-state index contributed by atoms with van der Waals surface area (Å²) in [6.45, 7) is 1.25. The third-order valence-electron chi connectivity index (χ3n) is 1.92. The molecule has 0 aliphatic heterocycles. The van der Waals surface area contributed by atoms with Gasteiger partial charge in [-0.05, 0) is 35.0 Å². The first kappa shape index (κ1) is 12.1. The number of alkyl halides is 2. The van der Waals surface area contributed by atoms with E-state index in [4.69, 9.17) is 4.74 Å². The van der Waals surface area contributed by atoms with Gasteiger partial charge >= 0.3 is 0 Å². The van der Waals surface area contributed by atoms with Crippen molar-refractivity contribution in [1.82, 2.24) is 0 Å². The van der Waals surface area contributed by atoms with Crippen LogP contribution in [-0.2, 0) is 0 Å². The second-order valence-electron chi connectivity index (χ2n) is 2.93. The van der Waals surface area contributed by atoms with Crippen LogP contribution >= 0.6 is 15.9 Å². The van der Waals surface area contributed by atoms with Gasteiger partial charge in [0.25, 0.3) is 6.43 Å². The summed E-state index contributed by atoms with van der Waals surface area (Å²) in [5, 5.41) is 0. The number of methoxy groups -OCH3 is 1. The molecule has 0 saturated heterocycles. The molecule has 1 aromatic rings. The van der Waals surface area contributed by atoms with E-state index in [2.05, 4.69) is 15.9 Å². The second-order valence-corrected chi connectivity index (χ2v) is 3.78. The molecule has 0 unspecified atom stereocenters. The molecule has 1 rings (SSSR count). The minimum absolute atomic E-state index is 0.00537. The van der Waals surface area contributed by atoms with Gasteiger partial charge < -0.3 is 4.74 Å². The number of rotatable bonds is 3. The van der Waals surface area contributed by atoms with E-state index in [0.717, 1.165) is 0 Å². The van der Waals surface area contributed by atoms with Gasteiger partial charge in [-0.1, -0.05) is 0 Å². The van der Waals surface area contributed by atoms with E-state index < -0.39 is 12.2 Å². The third-order valence-corrected chi connectivity index (χ3v) is 2.54. The van der Waals surface area contributed by atoms with Crippen molar-refractivity contribution in [3.05, 3.63) is 27.7 Å². The molecule has 0 N–H and O–H groups in total. The van der Waals surface area contributed by atoms with Crippen molar-refractivity contribution in [3.8, 4) is 5.75 Å². The number of carbonyl (C=O) groups is 1. The Bertz CT molecular complexity index is 391. The highest BCUT2D eigenvalue weighted by atomic mass is 79.9. The third kappa shape index (κ3) is 2.53. The Kier molecular flexibility index (Phi) is 3.79. The van der Waals surface area contributed by atoms with E-state index in [9.17, 15) is 13.6 Å². The van der Waals surface area contributed by atoms with Crippen LogP contribution < -0.4 is 4.74 Å². The summed E-state index contributed by atoms with van der Waals surface area (Å²) in [4.78, 5) is 11.2. The number of hydrogen-bond acceptors (Lipinski definition) is 2. The van der Waals surface area contributed by atoms with E-state index in [1.165, 1.54) is 26.2 Å². The molecule has 0 fully saturated rings. The van der Waals surface area contributed by atoms with Crippen molar-refractivity contribution in [2.75, 3.05) is 7.11 Å². The molecule has 5 heteroatoms. The lowest BCUT2D eigenvalue weighted by atomic mass is 10.0. The number of carbonyl (C=O) groups excluding carboxylic acids is 1. The SMILES string of the molecule is COc1cc(Br)c(C(C)=O)c(C(F)F)c1.